The van der Waals surface area contributed by atoms with E-state index in [1.807, 2.05) is 11.8 Å². The van der Waals surface area contributed by atoms with Crippen LogP contribution in [0.25, 0.3) is 0 Å². The summed E-state index contributed by atoms with van der Waals surface area (Å²) in [7, 11) is 0. The molecule has 2 aliphatic heterocycles. The van der Waals surface area contributed by atoms with Gasteiger partial charge in [-0.05, 0) is 5.92 Å². The molecule has 3 nitrogen and oxygen atoms in total. The zero-order chi connectivity index (χ0) is 9.42. The Morgan fingerprint density at radius 1 is 1.62 bits per heavy atom. The van der Waals surface area contributed by atoms with Gasteiger partial charge in [0.05, 0.1) is 12.1 Å². The van der Waals surface area contributed by atoms with E-state index in [4.69, 9.17) is 0 Å². The molecule has 0 radical (unpaired) electrons. The van der Waals surface area contributed by atoms with Crippen LogP contribution in [0, 0.1) is 5.92 Å². The summed E-state index contributed by atoms with van der Waals surface area (Å²) in [6, 6.07) is 0.757. The predicted molar refractivity (Wildman–Crippen MR) is 54.9 cm³/mol. The second-order valence-corrected chi connectivity index (χ2v) is 5.14. The van der Waals surface area contributed by atoms with Crippen LogP contribution < -0.4 is 10.6 Å². The van der Waals surface area contributed by atoms with Crippen molar-refractivity contribution in [1.82, 2.24) is 10.6 Å². The Morgan fingerprint density at radius 2 is 2.38 bits per heavy atom. The number of urea groups is 1. The molecule has 0 aromatic heterocycles. The van der Waals surface area contributed by atoms with E-state index in [2.05, 4.69) is 24.5 Å². The number of hydrogen-bond acceptors (Lipinski definition) is 2. The van der Waals surface area contributed by atoms with Crippen molar-refractivity contribution < 1.29 is 4.79 Å². The van der Waals surface area contributed by atoms with Gasteiger partial charge in [0.15, 0.2) is 0 Å². The molecule has 2 saturated heterocycles. The molecular formula is C9H16N2OS. The van der Waals surface area contributed by atoms with E-state index in [0.717, 1.165) is 5.75 Å². The minimum absolute atomic E-state index is 0.0172. The van der Waals surface area contributed by atoms with Gasteiger partial charge in [0, 0.05) is 11.0 Å². The fourth-order valence-corrected chi connectivity index (χ4v) is 3.78. The summed E-state index contributed by atoms with van der Waals surface area (Å²) in [5.74, 6) is 1.76. The molecule has 2 aliphatic rings. The van der Waals surface area contributed by atoms with Crippen molar-refractivity contribution in [1.29, 1.82) is 0 Å². The van der Waals surface area contributed by atoms with Gasteiger partial charge in [0.25, 0.3) is 0 Å². The number of amides is 2. The van der Waals surface area contributed by atoms with Crippen molar-refractivity contribution in [2.45, 2.75) is 37.6 Å². The molecule has 0 saturated carbocycles. The van der Waals surface area contributed by atoms with E-state index in [1.54, 1.807) is 0 Å². The van der Waals surface area contributed by atoms with Crippen LogP contribution in [0.3, 0.4) is 0 Å². The normalized spacial score (nSPS) is 39.5. The van der Waals surface area contributed by atoms with Crippen LogP contribution in [0.15, 0.2) is 0 Å². The summed E-state index contributed by atoms with van der Waals surface area (Å²) in [6.07, 6.45) is 1.19. The second-order valence-electron chi connectivity index (χ2n) is 3.93. The Balaban J connectivity index is 2.04. The molecule has 4 atom stereocenters. The molecule has 2 fully saturated rings. The first-order chi connectivity index (χ1) is 6.22. The minimum Gasteiger partial charge on any atom is -0.332 e. The number of thioether (sulfide) groups is 1. The van der Waals surface area contributed by atoms with Gasteiger partial charge in [0.2, 0.25) is 0 Å². The monoisotopic (exact) mass is 200 g/mol. The highest BCUT2D eigenvalue weighted by Gasteiger charge is 2.44. The van der Waals surface area contributed by atoms with Gasteiger partial charge in [0.1, 0.15) is 0 Å². The number of rotatable bonds is 2. The van der Waals surface area contributed by atoms with Gasteiger partial charge in [-0.2, -0.15) is 11.8 Å². The highest BCUT2D eigenvalue weighted by atomic mass is 32.2. The van der Waals surface area contributed by atoms with E-state index < -0.39 is 0 Å². The Labute approximate surface area is 83.0 Å². The lowest BCUT2D eigenvalue weighted by Crippen LogP contribution is -2.39. The molecule has 0 aliphatic carbocycles. The van der Waals surface area contributed by atoms with E-state index >= 15 is 0 Å². The van der Waals surface area contributed by atoms with Gasteiger partial charge in [-0.15, -0.1) is 0 Å². The predicted octanol–water partition coefficient (Wildman–Crippen LogP) is 1.20. The molecule has 4 heteroatoms. The smallest absolute Gasteiger partial charge is 0.315 e. The molecule has 0 aromatic rings. The fraction of sp³-hybridized carbons (Fsp3) is 0.889. The summed E-state index contributed by atoms with van der Waals surface area (Å²) in [5, 5.41) is 6.57. The first kappa shape index (κ1) is 9.19. The van der Waals surface area contributed by atoms with E-state index in [9.17, 15) is 4.79 Å². The average molecular weight is 200 g/mol. The number of carbonyl (C=O) groups is 1. The van der Waals surface area contributed by atoms with Crippen LogP contribution in [0.4, 0.5) is 4.79 Å². The molecule has 2 heterocycles. The third kappa shape index (κ3) is 1.52. The Morgan fingerprint density at radius 3 is 3.08 bits per heavy atom. The molecule has 0 aromatic carbocycles. The maximum Gasteiger partial charge on any atom is 0.315 e. The van der Waals surface area contributed by atoms with Crippen molar-refractivity contribution >= 4 is 17.8 Å². The lowest BCUT2D eigenvalue weighted by atomic mass is 9.96. The number of carbonyl (C=O) groups excluding carboxylic acids is 1. The Bertz CT molecular complexity index is 222. The van der Waals surface area contributed by atoms with Crippen LogP contribution in [-0.2, 0) is 0 Å². The minimum atomic E-state index is 0.0172. The standard InChI is InChI=1S/C9H16N2OS/c1-3-5(2)8-7-6(4-13-8)10-9(12)11-7/h5-8H,3-4H2,1-2H3,(H2,10,11,12)/t5?,6-,7-,8-/m0/s1. The van der Waals surface area contributed by atoms with Crippen LogP contribution in [0.1, 0.15) is 20.3 Å². The molecular weight excluding hydrogens is 184 g/mol. The van der Waals surface area contributed by atoms with Crippen LogP contribution >= 0.6 is 11.8 Å². The molecule has 2 N–H and O–H groups in total. The Hall–Kier alpha value is -0.380. The molecule has 0 spiro atoms. The van der Waals surface area contributed by atoms with Crippen molar-refractivity contribution in [2.75, 3.05) is 5.75 Å². The van der Waals surface area contributed by atoms with Crippen LogP contribution in [0.5, 0.6) is 0 Å². The lowest BCUT2D eigenvalue weighted by molar-refractivity contribution is 0.246. The van der Waals surface area contributed by atoms with Crippen molar-refractivity contribution in [3.8, 4) is 0 Å². The van der Waals surface area contributed by atoms with Gasteiger partial charge >= 0.3 is 6.03 Å². The zero-order valence-electron chi connectivity index (χ0n) is 8.04. The molecule has 2 amide bonds. The Kier molecular flexibility index (Phi) is 2.41. The van der Waals surface area contributed by atoms with Crippen molar-refractivity contribution in [3.05, 3.63) is 0 Å². The molecule has 13 heavy (non-hydrogen) atoms. The summed E-state index contributed by atoms with van der Waals surface area (Å²) in [5.41, 5.74) is 0. The van der Waals surface area contributed by atoms with Gasteiger partial charge in [-0.1, -0.05) is 20.3 Å². The highest BCUT2D eigenvalue weighted by Crippen LogP contribution is 2.35. The molecule has 1 unspecified atom stereocenters. The molecule has 0 bridgehead atoms. The van der Waals surface area contributed by atoms with Crippen molar-refractivity contribution in [2.24, 2.45) is 5.92 Å². The lowest BCUT2D eigenvalue weighted by Gasteiger charge is -2.22. The maximum atomic E-state index is 11.1. The van der Waals surface area contributed by atoms with Gasteiger partial charge < -0.3 is 10.6 Å². The van der Waals surface area contributed by atoms with E-state index in [1.165, 1.54) is 6.42 Å². The largest absolute Gasteiger partial charge is 0.332 e. The van der Waals surface area contributed by atoms with E-state index in [-0.39, 0.29) is 6.03 Å². The van der Waals surface area contributed by atoms with Gasteiger partial charge in [-0.25, -0.2) is 4.79 Å². The first-order valence-electron chi connectivity index (χ1n) is 4.91. The SMILES string of the molecule is CCC(C)[C@@H]1SC[C@@H]2NC(=O)N[C@@H]21. The third-order valence-electron chi connectivity index (χ3n) is 3.07. The summed E-state index contributed by atoms with van der Waals surface area (Å²) in [6.45, 7) is 4.48. The van der Waals surface area contributed by atoms with Crippen molar-refractivity contribution in [3.63, 3.8) is 0 Å². The van der Waals surface area contributed by atoms with Gasteiger partial charge in [-0.3, -0.25) is 0 Å². The summed E-state index contributed by atoms with van der Waals surface area (Å²) >= 11 is 1.99. The van der Waals surface area contributed by atoms with Crippen LogP contribution in [-0.4, -0.2) is 29.1 Å². The quantitative estimate of drug-likeness (QED) is 0.658. The molecule has 74 valence electrons. The maximum absolute atomic E-state index is 11.1. The number of hydrogen-bond donors (Lipinski definition) is 2. The highest BCUT2D eigenvalue weighted by molar-refractivity contribution is 8.00. The van der Waals surface area contributed by atoms with E-state index in [0.29, 0.717) is 23.3 Å². The first-order valence-corrected chi connectivity index (χ1v) is 5.96. The summed E-state index contributed by atoms with van der Waals surface area (Å²) in [4.78, 5) is 11.1. The number of nitrogens with one attached hydrogen (secondary N) is 2. The van der Waals surface area contributed by atoms with Crippen LogP contribution in [0.2, 0.25) is 0 Å². The summed E-state index contributed by atoms with van der Waals surface area (Å²) < 4.78 is 0. The number of fused-ring (bicyclic) bond motifs is 1. The topological polar surface area (TPSA) is 41.1 Å². The average Bonchev–Trinajstić information content (AvgIpc) is 2.61. The molecule has 2 rings (SSSR count). The zero-order valence-corrected chi connectivity index (χ0v) is 8.86. The third-order valence-corrected chi connectivity index (χ3v) is 4.77. The fourth-order valence-electron chi connectivity index (χ4n) is 2.08. The second kappa shape index (κ2) is 3.40.